The number of carboxylic acids is 1. The van der Waals surface area contributed by atoms with Crippen molar-refractivity contribution < 1.29 is 18.3 Å². The minimum Gasteiger partial charge on any atom is -0.478 e. The summed E-state index contributed by atoms with van der Waals surface area (Å²) in [7, 11) is -3.76. The molecule has 0 amide bonds. The van der Waals surface area contributed by atoms with E-state index in [1.165, 1.54) is 17.8 Å². The van der Waals surface area contributed by atoms with E-state index in [-0.39, 0.29) is 16.5 Å². The summed E-state index contributed by atoms with van der Waals surface area (Å²) in [5.74, 6) is -0.525. The Morgan fingerprint density at radius 3 is 2.60 bits per heavy atom. The van der Waals surface area contributed by atoms with E-state index >= 15 is 0 Å². The van der Waals surface area contributed by atoms with Crippen LogP contribution in [0.1, 0.15) is 22.8 Å². The molecule has 0 fully saturated rings. The molecular weight excluding hydrogens is 366 g/mol. The molecule has 1 rings (SSSR count). The molecule has 0 heterocycles. The van der Waals surface area contributed by atoms with Crippen LogP contribution >= 0.6 is 27.7 Å². The normalized spacial score (nSPS) is 13.2. The molecule has 1 unspecified atom stereocenters. The lowest BCUT2D eigenvalue weighted by Gasteiger charge is -2.15. The number of hydrogen-bond acceptors (Lipinski definition) is 4. The maximum absolute atomic E-state index is 12.3. The number of thioether (sulfide) groups is 1. The summed E-state index contributed by atoms with van der Waals surface area (Å²) < 4.78 is 27.6. The molecule has 0 aromatic heterocycles. The standard InChI is InChI=1S/C12H16BrNO4S2/c1-7-4-9(12(15)16)5-10(11(7)13)20(17,18)14-8(2)6-19-3/h4-5,8,14H,6H2,1-3H3,(H,15,16). The highest BCUT2D eigenvalue weighted by atomic mass is 79.9. The molecule has 0 aliphatic heterocycles. The summed E-state index contributed by atoms with van der Waals surface area (Å²) in [6.07, 6.45) is 1.88. The third-order valence-corrected chi connectivity index (χ3v) is 6.29. The van der Waals surface area contributed by atoms with Gasteiger partial charge in [0, 0.05) is 16.3 Å². The average molecular weight is 382 g/mol. The Labute approximate surface area is 131 Å². The average Bonchev–Trinajstić information content (AvgIpc) is 2.31. The highest BCUT2D eigenvalue weighted by molar-refractivity contribution is 9.10. The second-order valence-corrected chi connectivity index (χ2v) is 7.77. The van der Waals surface area contributed by atoms with Crippen LogP contribution in [0.3, 0.4) is 0 Å². The fourth-order valence-electron chi connectivity index (χ4n) is 1.67. The smallest absolute Gasteiger partial charge is 0.335 e. The number of sulfonamides is 1. The lowest BCUT2D eigenvalue weighted by atomic mass is 10.1. The second-order valence-electron chi connectivity index (χ2n) is 4.39. The summed E-state index contributed by atoms with van der Waals surface area (Å²) in [5, 5.41) is 9.02. The van der Waals surface area contributed by atoms with E-state index in [9.17, 15) is 13.2 Å². The van der Waals surface area contributed by atoms with Crippen LogP contribution in [0, 0.1) is 6.92 Å². The molecule has 0 bridgehead atoms. The number of hydrogen-bond donors (Lipinski definition) is 2. The molecule has 5 nitrogen and oxygen atoms in total. The molecule has 0 aliphatic rings. The zero-order valence-electron chi connectivity index (χ0n) is 11.3. The minimum absolute atomic E-state index is 0.0522. The molecule has 0 saturated carbocycles. The van der Waals surface area contributed by atoms with Gasteiger partial charge in [0.2, 0.25) is 10.0 Å². The van der Waals surface area contributed by atoms with E-state index in [1.807, 2.05) is 6.26 Å². The maximum atomic E-state index is 12.3. The summed E-state index contributed by atoms with van der Waals surface area (Å²) >= 11 is 4.74. The van der Waals surface area contributed by atoms with Crippen molar-refractivity contribution in [2.24, 2.45) is 0 Å². The molecule has 2 N–H and O–H groups in total. The van der Waals surface area contributed by atoms with Crippen molar-refractivity contribution in [1.29, 1.82) is 0 Å². The first kappa shape index (κ1) is 17.5. The van der Waals surface area contributed by atoms with Crippen molar-refractivity contribution in [3.8, 4) is 0 Å². The molecule has 1 atom stereocenters. The van der Waals surface area contributed by atoms with Crippen LogP contribution in [0.4, 0.5) is 0 Å². The Morgan fingerprint density at radius 1 is 1.50 bits per heavy atom. The lowest BCUT2D eigenvalue weighted by molar-refractivity contribution is 0.0696. The molecule has 1 aromatic carbocycles. The van der Waals surface area contributed by atoms with Gasteiger partial charge in [-0.25, -0.2) is 17.9 Å². The molecule has 8 heteroatoms. The van der Waals surface area contributed by atoms with Gasteiger partial charge in [-0.2, -0.15) is 11.8 Å². The predicted octanol–water partition coefficient (Wildman–Crippen LogP) is 2.49. The second kappa shape index (κ2) is 6.93. The van der Waals surface area contributed by atoms with Gasteiger partial charge in [0.15, 0.2) is 0 Å². The van der Waals surface area contributed by atoms with Gasteiger partial charge in [-0.05, 0) is 53.7 Å². The molecule has 0 aliphatic carbocycles. The molecule has 0 radical (unpaired) electrons. The SMILES string of the molecule is CSCC(C)NS(=O)(=O)c1cc(C(=O)O)cc(C)c1Br. The van der Waals surface area contributed by atoms with Gasteiger partial charge in [0.05, 0.1) is 10.5 Å². The Kier molecular flexibility index (Phi) is 6.06. The summed E-state index contributed by atoms with van der Waals surface area (Å²) in [6.45, 7) is 3.41. The van der Waals surface area contributed by atoms with E-state index in [0.29, 0.717) is 15.8 Å². The van der Waals surface area contributed by atoms with Crippen molar-refractivity contribution in [3.05, 3.63) is 27.7 Å². The van der Waals surface area contributed by atoms with Crippen LogP contribution in [0.15, 0.2) is 21.5 Å². The Bertz CT molecular complexity index is 616. The molecule has 1 aromatic rings. The maximum Gasteiger partial charge on any atom is 0.335 e. The van der Waals surface area contributed by atoms with Crippen LogP contribution in [0.5, 0.6) is 0 Å². The third kappa shape index (κ3) is 4.21. The van der Waals surface area contributed by atoms with E-state index in [0.717, 1.165) is 6.07 Å². The van der Waals surface area contributed by atoms with Gasteiger partial charge in [-0.3, -0.25) is 0 Å². The third-order valence-electron chi connectivity index (χ3n) is 2.53. The topological polar surface area (TPSA) is 83.5 Å². The van der Waals surface area contributed by atoms with Crippen molar-refractivity contribution in [2.45, 2.75) is 24.8 Å². The van der Waals surface area contributed by atoms with Gasteiger partial charge in [-0.15, -0.1) is 0 Å². The Balaban J connectivity index is 3.27. The van der Waals surface area contributed by atoms with Crippen LogP contribution < -0.4 is 4.72 Å². The van der Waals surface area contributed by atoms with Crippen molar-refractivity contribution >= 4 is 43.7 Å². The van der Waals surface area contributed by atoms with Gasteiger partial charge in [0.25, 0.3) is 0 Å². The quantitative estimate of drug-likeness (QED) is 0.790. The number of aryl methyl sites for hydroxylation is 1. The summed E-state index contributed by atoms with van der Waals surface area (Å²) in [5.41, 5.74) is 0.506. The fourth-order valence-corrected chi connectivity index (χ4v) is 4.64. The van der Waals surface area contributed by atoms with Gasteiger partial charge in [-0.1, -0.05) is 0 Å². The Morgan fingerprint density at radius 2 is 2.10 bits per heavy atom. The Hall–Kier alpha value is -0.570. The monoisotopic (exact) mass is 381 g/mol. The van der Waals surface area contributed by atoms with Crippen molar-refractivity contribution in [3.63, 3.8) is 0 Å². The number of carboxylic acid groups (broad SMARTS) is 1. The van der Waals surface area contributed by atoms with Gasteiger partial charge >= 0.3 is 5.97 Å². The lowest BCUT2D eigenvalue weighted by Crippen LogP contribution is -2.34. The van der Waals surface area contributed by atoms with E-state index in [2.05, 4.69) is 20.7 Å². The highest BCUT2D eigenvalue weighted by Crippen LogP contribution is 2.27. The molecule has 112 valence electrons. The van der Waals surface area contributed by atoms with Crippen LogP contribution in [0.2, 0.25) is 0 Å². The molecule has 0 spiro atoms. The van der Waals surface area contributed by atoms with Crippen LogP contribution in [-0.4, -0.2) is 37.5 Å². The number of aromatic carboxylic acids is 1. The van der Waals surface area contributed by atoms with E-state index in [4.69, 9.17) is 5.11 Å². The van der Waals surface area contributed by atoms with E-state index < -0.39 is 16.0 Å². The zero-order chi connectivity index (χ0) is 15.5. The van der Waals surface area contributed by atoms with Crippen LogP contribution in [0.25, 0.3) is 0 Å². The number of nitrogens with one attached hydrogen (secondary N) is 1. The molecule has 20 heavy (non-hydrogen) atoms. The van der Waals surface area contributed by atoms with Gasteiger partial charge in [0.1, 0.15) is 0 Å². The summed E-state index contributed by atoms with van der Waals surface area (Å²) in [6, 6.07) is 2.35. The largest absolute Gasteiger partial charge is 0.478 e. The minimum atomic E-state index is -3.76. The fraction of sp³-hybridized carbons (Fsp3) is 0.417. The number of benzene rings is 1. The first-order valence-corrected chi connectivity index (χ1v) is 9.40. The number of rotatable bonds is 6. The highest BCUT2D eigenvalue weighted by Gasteiger charge is 2.23. The molecular formula is C12H16BrNO4S2. The summed E-state index contributed by atoms with van der Waals surface area (Å²) in [4.78, 5) is 11.0. The zero-order valence-corrected chi connectivity index (χ0v) is 14.5. The van der Waals surface area contributed by atoms with E-state index in [1.54, 1.807) is 13.8 Å². The number of carbonyl (C=O) groups is 1. The van der Waals surface area contributed by atoms with Crippen molar-refractivity contribution in [1.82, 2.24) is 4.72 Å². The predicted molar refractivity (Wildman–Crippen MR) is 84.0 cm³/mol. The number of halogens is 1. The van der Waals surface area contributed by atoms with Crippen molar-refractivity contribution in [2.75, 3.05) is 12.0 Å². The first-order chi connectivity index (χ1) is 9.19. The van der Waals surface area contributed by atoms with Crippen LogP contribution in [-0.2, 0) is 10.0 Å². The van der Waals surface area contributed by atoms with Gasteiger partial charge < -0.3 is 5.11 Å². The first-order valence-electron chi connectivity index (χ1n) is 5.73. The molecule has 0 saturated heterocycles.